The topological polar surface area (TPSA) is 30.2 Å². The summed E-state index contributed by atoms with van der Waals surface area (Å²) in [6.45, 7) is 6.29. The molecular weight excluding hydrogens is 234 g/mol. The van der Waals surface area contributed by atoms with Gasteiger partial charge in [0.25, 0.3) is 0 Å². The first kappa shape index (κ1) is 11.9. The van der Waals surface area contributed by atoms with Crippen LogP contribution in [0.5, 0.6) is 0 Å². The predicted molar refractivity (Wildman–Crippen MR) is 76.4 cm³/mol. The maximum absolute atomic E-state index is 4.64. The third-order valence-electron chi connectivity index (χ3n) is 3.59. The summed E-state index contributed by atoms with van der Waals surface area (Å²) in [6.07, 6.45) is 6.76. The number of pyridine rings is 2. The number of hydrogen-bond acceptors (Lipinski definition) is 2. The molecule has 0 atom stereocenters. The van der Waals surface area contributed by atoms with E-state index in [0.29, 0.717) is 0 Å². The highest BCUT2D eigenvalue weighted by Crippen LogP contribution is 2.18. The Morgan fingerprint density at radius 1 is 1.16 bits per heavy atom. The molecule has 0 aromatic carbocycles. The van der Waals surface area contributed by atoms with Crippen LogP contribution < -0.4 is 0 Å². The highest BCUT2D eigenvalue weighted by Gasteiger charge is 2.10. The summed E-state index contributed by atoms with van der Waals surface area (Å²) in [7, 11) is 0. The molecule has 0 radical (unpaired) electrons. The fourth-order valence-electron chi connectivity index (χ4n) is 2.39. The van der Waals surface area contributed by atoms with Gasteiger partial charge in [0, 0.05) is 30.7 Å². The minimum absolute atomic E-state index is 0.871. The molecule has 3 aromatic rings. The van der Waals surface area contributed by atoms with E-state index < -0.39 is 0 Å². The van der Waals surface area contributed by atoms with E-state index in [4.69, 9.17) is 0 Å². The average Bonchev–Trinajstić information content (AvgIpc) is 2.68. The second-order valence-electron chi connectivity index (χ2n) is 5.06. The number of aryl methyl sites for hydroxylation is 3. The summed E-state index contributed by atoms with van der Waals surface area (Å²) in [4.78, 5) is 8.86. The minimum atomic E-state index is 0.871. The zero-order valence-corrected chi connectivity index (χ0v) is 11.5. The van der Waals surface area contributed by atoms with Gasteiger partial charge >= 0.3 is 0 Å². The number of rotatable bonds is 2. The Labute approximate surface area is 113 Å². The first-order chi connectivity index (χ1) is 9.15. The quantitative estimate of drug-likeness (QED) is 0.700. The zero-order valence-electron chi connectivity index (χ0n) is 11.5. The molecule has 0 aliphatic carbocycles. The fraction of sp³-hybridized carbons (Fsp3) is 0.250. The van der Waals surface area contributed by atoms with Crippen molar-refractivity contribution in [1.29, 1.82) is 0 Å². The van der Waals surface area contributed by atoms with Crippen molar-refractivity contribution in [2.45, 2.75) is 27.2 Å². The van der Waals surface area contributed by atoms with E-state index in [9.17, 15) is 0 Å². The Kier molecular flexibility index (Phi) is 2.82. The van der Waals surface area contributed by atoms with Gasteiger partial charge in [-0.1, -0.05) is 0 Å². The van der Waals surface area contributed by atoms with Crippen LogP contribution in [0, 0.1) is 20.8 Å². The first-order valence-corrected chi connectivity index (χ1v) is 6.49. The van der Waals surface area contributed by atoms with Crippen LogP contribution in [-0.4, -0.2) is 14.4 Å². The molecule has 0 fully saturated rings. The Hall–Kier alpha value is -2.16. The van der Waals surface area contributed by atoms with Crippen molar-refractivity contribution in [1.82, 2.24) is 14.4 Å². The lowest BCUT2D eigenvalue weighted by atomic mass is 10.1. The largest absolute Gasteiger partial charge is 0.303 e. The Bertz CT molecular complexity index is 741. The molecule has 19 heavy (non-hydrogen) atoms. The molecule has 3 nitrogen and oxygen atoms in total. The van der Waals surface area contributed by atoms with Crippen LogP contribution in [0.4, 0.5) is 0 Å². The van der Waals surface area contributed by atoms with Gasteiger partial charge in [-0.15, -0.1) is 0 Å². The number of imidazole rings is 1. The van der Waals surface area contributed by atoms with Crippen LogP contribution >= 0.6 is 0 Å². The third-order valence-corrected chi connectivity index (χ3v) is 3.59. The van der Waals surface area contributed by atoms with Crippen molar-refractivity contribution >= 4 is 5.65 Å². The lowest BCUT2D eigenvalue weighted by Crippen LogP contribution is -1.99. The zero-order chi connectivity index (χ0) is 13.4. The summed E-state index contributed by atoms with van der Waals surface area (Å²) in [5.74, 6) is 0. The van der Waals surface area contributed by atoms with Crippen LogP contribution in [0.1, 0.15) is 28.1 Å². The molecule has 0 saturated heterocycles. The van der Waals surface area contributed by atoms with E-state index in [-0.39, 0.29) is 0 Å². The Morgan fingerprint density at radius 3 is 2.79 bits per heavy atom. The van der Waals surface area contributed by atoms with Crippen LogP contribution in [-0.2, 0) is 6.42 Å². The van der Waals surface area contributed by atoms with Crippen molar-refractivity contribution < 1.29 is 0 Å². The molecule has 96 valence electrons. The molecule has 3 heterocycles. The molecule has 0 aliphatic heterocycles. The second-order valence-corrected chi connectivity index (χ2v) is 5.06. The molecule has 0 spiro atoms. The van der Waals surface area contributed by atoms with Gasteiger partial charge < -0.3 is 4.40 Å². The highest BCUT2D eigenvalue weighted by atomic mass is 15.0. The van der Waals surface area contributed by atoms with Gasteiger partial charge in [0.2, 0.25) is 0 Å². The molecule has 0 unspecified atom stereocenters. The average molecular weight is 251 g/mol. The summed E-state index contributed by atoms with van der Waals surface area (Å²) in [5, 5.41) is 0. The van der Waals surface area contributed by atoms with Gasteiger partial charge in [-0.25, -0.2) is 4.98 Å². The predicted octanol–water partition coefficient (Wildman–Crippen LogP) is 3.25. The summed E-state index contributed by atoms with van der Waals surface area (Å²) >= 11 is 0. The van der Waals surface area contributed by atoms with E-state index in [1.165, 1.54) is 22.4 Å². The summed E-state index contributed by atoms with van der Waals surface area (Å²) < 4.78 is 2.18. The standard InChI is InChI=1S/C16H17N3/c1-11-5-7-19-15(13(3)18-16(19)8-11)9-14-10-17-6-4-12(14)2/h4-8,10H,9H2,1-3H3. The van der Waals surface area contributed by atoms with Crippen molar-refractivity contribution in [3.05, 3.63) is 64.9 Å². The summed E-state index contributed by atoms with van der Waals surface area (Å²) in [5.41, 5.74) is 7.13. The van der Waals surface area contributed by atoms with Gasteiger partial charge in [0.15, 0.2) is 0 Å². The first-order valence-electron chi connectivity index (χ1n) is 6.49. The SMILES string of the molecule is Cc1ccn2c(Cc3cnccc3C)c(C)nc2c1. The second kappa shape index (κ2) is 4.50. The summed E-state index contributed by atoms with van der Waals surface area (Å²) in [6, 6.07) is 6.29. The molecule has 0 saturated carbocycles. The maximum atomic E-state index is 4.64. The van der Waals surface area contributed by atoms with Gasteiger partial charge in [0.1, 0.15) is 5.65 Å². The number of fused-ring (bicyclic) bond motifs is 1. The maximum Gasteiger partial charge on any atom is 0.137 e. The molecule has 3 rings (SSSR count). The minimum Gasteiger partial charge on any atom is -0.303 e. The number of nitrogens with zero attached hydrogens (tertiary/aromatic N) is 3. The highest BCUT2D eigenvalue weighted by molar-refractivity contribution is 5.46. The molecule has 0 aliphatic rings. The molecule has 3 aromatic heterocycles. The Morgan fingerprint density at radius 2 is 2.00 bits per heavy atom. The third kappa shape index (κ3) is 2.12. The van der Waals surface area contributed by atoms with Crippen molar-refractivity contribution in [3.8, 4) is 0 Å². The number of aromatic nitrogens is 3. The Balaban J connectivity index is 2.10. The van der Waals surface area contributed by atoms with Gasteiger partial charge in [-0.2, -0.15) is 0 Å². The van der Waals surface area contributed by atoms with Gasteiger partial charge in [0.05, 0.1) is 5.69 Å². The van der Waals surface area contributed by atoms with E-state index in [0.717, 1.165) is 17.8 Å². The monoisotopic (exact) mass is 251 g/mol. The molecule has 0 bridgehead atoms. The van der Waals surface area contributed by atoms with E-state index in [1.807, 2.05) is 12.4 Å². The fourth-order valence-corrected chi connectivity index (χ4v) is 2.39. The molecular formula is C16H17N3. The van der Waals surface area contributed by atoms with E-state index in [1.54, 1.807) is 0 Å². The lowest BCUT2D eigenvalue weighted by Gasteiger charge is -2.06. The van der Waals surface area contributed by atoms with Crippen molar-refractivity contribution in [2.24, 2.45) is 0 Å². The lowest BCUT2D eigenvalue weighted by molar-refractivity contribution is 0.986. The van der Waals surface area contributed by atoms with Crippen LogP contribution in [0.15, 0.2) is 36.8 Å². The van der Waals surface area contributed by atoms with Crippen molar-refractivity contribution in [3.63, 3.8) is 0 Å². The van der Waals surface area contributed by atoms with Crippen LogP contribution in [0.3, 0.4) is 0 Å². The van der Waals surface area contributed by atoms with Crippen LogP contribution in [0.2, 0.25) is 0 Å². The molecule has 0 amide bonds. The van der Waals surface area contributed by atoms with Crippen molar-refractivity contribution in [2.75, 3.05) is 0 Å². The normalized spacial score (nSPS) is 11.1. The van der Waals surface area contributed by atoms with E-state index >= 15 is 0 Å². The van der Waals surface area contributed by atoms with Gasteiger partial charge in [-0.05, 0) is 55.7 Å². The number of hydrogen-bond donors (Lipinski definition) is 0. The van der Waals surface area contributed by atoms with Crippen LogP contribution in [0.25, 0.3) is 5.65 Å². The molecule has 0 N–H and O–H groups in total. The smallest absolute Gasteiger partial charge is 0.137 e. The van der Waals surface area contributed by atoms with E-state index in [2.05, 4.69) is 59.5 Å². The molecule has 3 heteroatoms. The van der Waals surface area contributed by atoms with Gasteiger partial charge in [-0.3, -0.25) is 4.98 Å².